The predicted octanol–water partition coefficient (Wildman–Crippen LogP) is 4.01. The number of sulfonamides is 1. The van der Waals surface area contributed by atoms with Gasteiger partial charge in [0.25, 0.3) is 10.0 Å². The maximum absolute atomic E-state index is 13.7. The number of benzene rings is 3. The SMILES string of the molecule is CNC(=O)[C@H](C)N(Cc1ccccc1)C(=O)CN(c1cccc(Cl)c1C)S(=O)(=O)c1ccccc1. The van der Waals surface area contributed by atoms with Crippen molar-refractivity contribution in [2.75, 3.05) is 17.9 Å². The third kappa shape index (κ3) is 6.01. The standard InChI is InChI=1S/C26H28ClN3O4S/c1-19-23(27)15-10-16-24(19)30(35(33,34)22-13-8-5-9-14-22)18-25(31)29(20(2)26(32)28-3)17-21-11-6-4-7-12-21/h4-16,20H,17-18H2,1-3H3,(H,28,32)/t20-/m0/s1. The Kier molecular flexibility index (Phi) is 8.53. The molecular formula is C26H28ClN3O4S. The van der Waals surface area contributed by atoms with Crippen molar-refractivity contribution in [1.29, 1.82) is 0 Å². The topological polar surface area (TPSA) is 86.8 Å². The normalized spacial score (nSPS) is 12.0. The number of amides is 2. The molecule has 35 heavy (non-hydrogen) atoms. The molecule has 0 aliphatic heterocycles. The van der Waals surface area contributed by atoms with Gasteiger partial charge in [0.1, 0.15) is 12.6 Å². The van der Waals surface area contributed by atoms with E-state index in [2.05, 4.69) is 5.32 Å². The minimum atomic E-state index is -4.12. The largest absolute Gasteiger partial charge is 0.357 e. The van der Waals surface area contributed by atoms with Crippen molar-refractivity contribution in [2.24, 2.45) is 0 Å². The van der Waals surface area contributed by atoms with Crippen LogP contribution in [0.1, 0.15) is 18.1 Å². The van der Waals surface area contributed by atoms with Crippen molar-refractivity contribution in [1.82, 2.24) is 10.2 Å². The number of likely N-dealkylation sites (N-methyl/N-ethyl adjacent to an activating group) is 1. The van der Waals surface area contributed by atoms with Crippen LogP contribution in [-0.4, -0.2) is 44.8 Å². The Balaban J connectivity index is 2.06. The lowest BCUT2D eigenvalue weighted by Gasteiger charge is -2.32. The van der Waals surface area contributed by atoms with E-state index in [1.807, 2.05) is 30.3 Å². The van der Waals surface area contributed by atoms with Crippen LogP contribution in [0.5, 0.6) is 0 Å². The van der Waals surface area contributed by atoms with E-state index in [0.29, 0.717) is 16.3 Å². The Bertz CT molecular complexity index is 1280. The second-order valence-electron chi connectivity index (χ2n) is 8.01. The zero-order valence-corrected chi connectivity index (χ0v) is 21.4. The molecule has 0 aromatic heterocycles. The molecule has 0 saturated carbocycles. The van der Waals surface area contributed by atoms with E-state index in [-0.39, 0.29) is 17.3 Å². The average molecular weight is 514 g/mol. The van der Waals surface area contributed by atoms with Crippen molar-refractivity contribution < 1.29 is 18.0 Å². The summed E-state index contributed by atoms with van der Waals surface area (Å²) in [4.78, 5) is 27.6. The molecule has 3 aromatic carbocycles. The smallest absolute Gasteiger partial charge is 0.264 e. The summed E-state index contributed by atoms with van der Waals surface area (Å²) in [5.74, 6) is -0.880. The molecular weight excluding hydrogens is 486 g/mol. The molecule has 7 nitrogen and oxygen atoms in total. The molecule has 0 bridgehead atoms. The molecule has 3 aromatic rings. The molecule has 3 rings (SSSR count). The van der Waals surface area contributed by atoms with Crippen molar-refractivity contribution in [3.63, 3.8) is 0 Å². The van der Waals surface area contributed by atoms with Gasteiger partial charge in [0.2, 0.25) is 11.8 Å². The van der Waals surface area contributed by atoms with Crippen LogP contribution in [0.15, 0.2) is 83.8 Å². The Hall–Kier alpha value is -3.36. The Morgan fingerprint density at radius 1 is 0.943 bits per heavy atom. The van der Waals surface area contributed by atoms with Gasteiger partial charge in [0.05, 0.1) is 10.6 Å². The van der Waals surface area contributed by atoms with Gasteiger partial charge < -0.3 is 10.2 Å². The van der Waals surface area contributed by atoms with Crippen LogP contribution in [0.3, 0.4) is 0 Å². The van der Waals surface area contributed by atoms with Crippen LogP contribution in [0, 0.1) is 6.92 Å². The van der Waals surface area contributed by atoms with Gasteiger partial charge in [-0.05, 0) is 49.2 Å². The first-order chi connectivity index (χ1) is 16.7. The molecule has 9 heteroatoms. The Morgan fingerprint density at radius 3 is 2.14 bits per heavy atom. The van der Waals surface area contributed by atoms with Gasteiger partial charge in [-0.25, -0.2) is 8.42 Å². The number of nitrogens with one attached hydrogen (secondary N) is 1. The van der Waals surface area contributed by atoms with E-state index >= 15 is 0 Å². The molecule has 2 amide bonds. The first-order valence-corrected chi connectivity index (χ1v) is 12.9. The minimum Gasteiger partial charge on any atom is -0.357 e. The third-order valence-electron chi connectivity index (χ3n) is 5.73. The minimum absolute atomic E-state index is 0.0427. The maximum atomic E-state index is 13.7. The van der Waals surface area contributed by atoms with Gasteiger partial charge in [-0.2, -0.15) is 0 Å². The summed E-state index contributed by atoms with van der Waals surface area (Å²) in [6, 6.07) is 21.2. The highest BCUT2D eigenvalue weighted by Gasteiger charge is 2.33. The van der Waals surface area contributed by atoms with Crippen LogP contribution in [0.25, 0.3) is 0 Å². The quantitative estimate of drug-likeness (QED) is 0.468. The number of anilines is 1. The number of hydrogen-bond donors (Lipinski definition) is 1. The van der Waals surface area contributed by atoms with Gasteiger partial charge in [-0.15, -0.1) is 0 Å². The third-order valence-corrected chi connectivity index (χ3v) is 7.91. The number of hydrogen-bond acceptors (Lipinski definition) is 4. The summed E-state index contributed by atoms with van der Waals surface area (Å²) < 4.78 is 28.5. The summed E-state index contributed by atoms with van der Waals surface area (Å²) in [6.07, 6.45) is 0. The van der Waals surface area contributed by atoms with E-state index in [9.17, 15) is 18.0 Å². The average Bonchev–Trinajstić information content (AvgIpc) is 2.87. The molecule has 0 heterocycles. The lowest BCUT2D eigenvalue weighted by molar-refractivity contribution is -0.139. The van der Waals surface area contributed by atoms with Gasteiger partial charge in [0.15, 0.2) is 0 Å². The van der Waals surface area contributed by atoms with E-state index in [4.69, 9.17) is 11.6 Å². The number of rotatable bonds is 9. The highest BCUT2D eigenvalue weighted by molar-refractivity contribution is 7.92. The summed E-state index contributed by atoms with van der Waals surface area (Å²) in [6.45, 7) is 2.94. The number of carbonyl (C=O) groups excluding carboxylic acids is 2. The molecule has 0 aliphatic rings. The molecule has 0 aliphatic carbocycles. The molecule has 1 atom stereocenters. The molecule has 1 N–H and O–H groups in total. The number of halogens is 1. The first kappa shape index (κ1) is 26.2. The second kappa shape index (κ2) is 11.4. The summed E-state index contributed by atoms with van der Waals surface area (Å²) in [7, 11) is -2.63. The van der Waals surface area contributed by atoms with Crippen molar-refractivity contribution in [3.8, 4) is 0 Å². The fourth-order valence-corrected chi connectivity index (χ4v) is 5.33. The van der Waals surface area contributed by atoms with E-state index < -0.39 is 28.5 Å². The summed E-state index contributed by atoms with van der Waals surface area (Å²) in [5, 5.41) is 2.94. The zero-order valence-electron chi connectivity index (χ0n) is 19.8. The molecule has 0 fully saturated rings. The van der Waals surface area contributed by atoms with Gasteiger partial charge >= 0.3 is 0 Å². The van der Waals surface area contributed by atoms with Crippen LogP contribution in [0.2, 0.25) is 5.02 Å². The Morgan fingerprint density at radius 2 is 1.54 bits per heavy atom. The maximum Gasteiger partial charge on any atom is 0.264 e. The molecule has 0 saturated heterocycles. The van der Waals surface area contributed by atoms with Crippen molar-refractivity contribution in [3.05, 3.63) is 95.0 Å². The van der Waals surface area contributed by atoms with Crippen LogP contribution in [-0.2, 0) is 26.2 Å². The van der Waals surface area contributed by atoms with Gasteiger partial charge in [0, 0.05) is 18.6 Å². The monoisotopic (exact) mass is 513 g/mol. The van der Waals surface area contributed by atoms with Crippen molar-refractivity contribution >= 4 is 39.1 Å². The molecule has 0 radical (unpaired) electrons. The lowest BCUT2D eigenvalue weighted by atomic mass is 10.1. The second-order valence-corrected chi connectivity index (χ2v) is 10.3. The predicted molar refractivity (Wildman–Crippen MR) is 138 cm³/mol. The van der Waals surface area contributed by atoms with Crippen LogP contribution < -0.4 is 9.62 Å². The first-order valence-electron chi connectivity index (χ1n) is 11.0. The summed E-state index contributed by atoms with van der Waals surface area (Å²) in [5.41, 5.74) is 1.63. The van der Waals surface area contributed by atoms with E-state index in [1.54, 1.807) is 50.2 Å². The zero-order chi connectivity index (χ0) is 25.6. The van der Waals surface area contributed by atoms with Crippen LogP contribution in [0.4, 0.5) is 5.69 Å². The van der Waals surface area contributed by atoms with Gasteiger partial charge in [-0.3, -0.25) is 13.9 Å². The number of nitrogens with zero attached hydrogens (tertiary/aromatic N) is 2. The number of carbonyl (C=O) groups is 2. The highest BCUT2D eigenvalue weighted by Crippen LogP contribution is 2.31. The lowest BCUT2D eigenvalue weighted by Crippen LogP contribution is -2.50. The molecule has 0 spiro atoms. The van der Waals surface area contributed by atoms with Crippen LogP contribution >= 0.6 is 11.6 Å². The molecule has 0 unspecified atom stereocenters. The molecule has 184 valence electrons. The van der Waals surface area contributed by atoms with E-state index in [0.717, 1.165) is 9.87 Å². The van der Waals surface area contributed by atoms with Crippen molar-refractivity contribution in [2.45, 2.75) is 31.3 Å². The Labute approximate surface area is 211 Å². The fraction of sp³-hybridized carbons (Fsp3) is 0.231. The highest BCUT2D eigenvalue weighted by atomic mass is 35.5. The van der Waals surface area contributed by atoms with E-state index in [1.165, 1.54) is 24.1 Å². The fourth-order valence-electron chi connectivity index (χ4n) is 3.67. The summed E-state index contributed by atoms with van der Waals surface area (Å²) >= 11 is 6.30. The van der Waals surface area contributed by atoms with Gasteiger partial charge in [-0.1, -0.05) is 66.2 Å².